The molecule has 2 N–H and O–H groups in total. The van der Waals surface area contributed by atoms with E-state index in [-0.39, 0.29) is 11.3 Å². The Hall–Kier alpha value is -1.93. The minimum Gasteiger partial charge on any atom is -0.384 e. The second-order valence-electron chi connectivity index (χ2n) is 5.55. The SMILES string of the molecule is COCC1(CCNC(=O)c2ccc(-c3noc(=O)[nH]3)s2)CC1. The Balaban J connectivity index is 1.55. The molecule has 0 aliphatic heterocycles. The first kappa shape index (κ1) is 15.0. The molecule has 0 atom stereocenters. The molecule has 8 heteroatoms. The molecule has 1 saturated carbocycles. The van der Waals surface area contributed by atoms with Crippen LogP contribution in [0.1, 0.15) is 28.9 Å². The van der Waals surface area contributed by atoms with E-state index in [2.05, 4.69) is 20.0 Å². The smallest absolute Gasteiger partial charge is 0.384 e. The second kappa shape index (κ2) is 6.05. The molecule has 2 aromatic heterocycles. The zero-order valence-electron chi connectivity index (χ0n) is 12.2. The number of aromatic amines is 1. The minimum absolute atomic E-state index is 0.115. The maximum absolute atomic E-state index is 12.1. The molecule has 22 heavy (non-hydrogen) atoms. The lowest BCUT2D eigenvalue weighted by Gasteiger charge is -2.13. The summed E-state index contributed by atoms with van der Waals surface area (Å²) in [6, 6.07) is 3.45. The molecule has 0 spiro atoms. The van der Waals surface area contributed by atoms with Crippen LogP contribution in [0.25, 0.3) is 10.7 Å². The molecule has 1 amide bonds. The normalized spacial score (nSPS) is 15.7. The van der Waals surface area contributed by atoms with E-state index in [0.29, 0.717) is 22.1 Å². The third kappa shape index (κ3) is 3.28. The number of rotatable bonds is 7. The van der Waals surface area contributed by atoms with Crippen molar-refractivity contribution in [1.82, 2.24) is 15.5 Å². The van der Waals surface area contributed by atoms with Crippen LogP contribution in [-0.4, -0.2) is 36.3 Å². The van der Waals surface area contributed by atoms with Crippen LogP contribution in [0.2, 0.25) is 0 Å². The van der Waals surface area contributed by atoms with Crippen molar-refractivity contribution < 1.29 is 14.1 Å². The number of carbonyl (C=O) groups excluding carboxylic acids is 1. The molecule has 0 unspecified atom stereocenters. The summed E-state index contributed by atoms with van der Waals surface area (Å²) in [4.78, 5) is 26.8. The highest BCUT2D eigenvalue weighted by Gasteiger charge is 2.41. The summed E-state index contributed by atoms with van der Waals surface area (Å²) in [5.74, 6) is -0.385. The van der Waals surface area contributed by atoms with Gasteiger partial charge in [-0.1, -0.05) is 5.16 Å². The fourth-order valence-electron chi connectivity index (χ4n) is 2.40. The van der Waals surface area contributed by atoms with E-state index in [1.807, 2.05) is 0 Å². The molecule has 0 aromatic carbocycles. The van der Waals surface area contributed by atoms with Gasteiger partial charge in [0.05, 0.1) is 16.4 Å². The van der Waals surface area contributed by atoms with E-state index in [0.717, 1.165) is 13.0 Å². The number of nitrogens with zero attached hydrogens (tertiary/aromatic N) is 1. The van der Waals surface area contributed by atoms with Gasteiger partial charge in [-0.25, -0.2) is 4.79 Å². The Labute approximate surface area is 130 Å². The molecule has 0 radical (unpaired) electrons. The van der Waals surface area contributed by atoms with Gasteiger partial charge in [-0.05, 0) is 36.8 Å². The van der Waals surface area contributed by atoms with Crippen molar-refractivity contribution in [1.29, 1.82) is 0 Å². The lowest BCUT2D eigenvalue weighted by atomic mass is 10.0. The Morgan fingerprint density at radius 3 is 3.00 bits per heavy atom. The van der Waals surface area contributed by atoms with Crippen molar-refractivity contribution in [3.8, 4) is 10.7 Å². The van der Waals surface area contributed by atoms with Crippen molar-refractivity contribution in [2.24, 2.45) is 5.41 Å². The monoisotopic (exact) mass is 323 g/mol. The Kier molecular flexibility index (Phi) is 4.12. The van der Waals surface area contributed by atoms with Crippen LogP contribution in [-0.2, 0) is 4.74 Å². The van der Waals surface area contributed by atoms with Gasteiger partial charge in [-0.15, -0.1) is 11.3 Å². The van der Waals surface area contributed by atoms with E-state index in [9.17, 15) is 9.59 Å². The Morgan fingerprint density at radius 1 is 1.55 bits per heavy atom. The van der Waals surface area contributed by atoms with Gasteiger partial charge in [0.1, 0.15) is 0 Å². The van der Waals surface area contributed by atoms with E-state index in [1.54, 1.807) is 19.2 Å². The maximum atomic E-state index is 12.1. The van der Waals surface area contributed by atoms with Gasteiger partial charge in [-0.3, -0.25) is 14.3 Å². The Morgan fingerprint density at radius 2 is 2.36 bits per heavy atom. The summed E-state index contributed by atoms with van der Waals surface area (Å²) < 4.78 is 9.66. The number of hydrogen-bond donors (Lipinski definition) is 2. The van der Waals surface area contributed by atoms with Gasteiger partial charge >= 0.3 is 5.76 Å². The quantitative estimate of drug-likeness (QED) is 0.807. The summed E-state index contributed by atoms with van der Waals surface area (Å²) in [6.45, 7) is 1.39. The van der Waals surface area contributed by atoms with Crippen molar-refractivity contribution >= 4 is 17.2 Å². The summed E-state index contributed by atoms with van der Waals surface area (Å²) in [7, 11) is 1.71. The lowest BCUT2D eigenvalue weighted by Crippen LogP contribution is -2.26. The predicted octanol–water partition coefficient (Wildman–Crippen LogP) is 1.64. The van der Waals surface area contributed by atoms with Crippen LogP contribution >= 0.6 is 11.3 Å². The number of nitrogens with one attached hydrogen (secondary N) is 2. The molecule has 2 heterocycles. The third-order valence-corrected chi connectivity index (χ3v) is 4.94. The average Bonchev–Trinajstić information content (AvgIpc) is 2.91. The van der Waals surface area contributed by atoms with Crippen LogP contribution in [0.3, 0.4) is 0 Å². The van der Waals surface area contributed by atoms with Gasteiger partial charge < -0.3 is 10.1 Å². The fraction of sp³-hybridized carbons (Fsp3) is 0.500. The predicted molar refractivity (Wildman–Crippen MR) is 80.9 cm³/mol. The average molecular weight is 323 g/mol. The number of ether oxygens (including phenoxy) is 1. The molecule has 1 aliphatic carbocycles. The fourth-order valence-corrected chi connectivity index (χ4v) is 3.26. The first-order valence-corrected chi connectivity index (χ1v) is 7.87. The molecule has 0 bridgehead atoms. The van der Waals surface area contributed by atoms with Crippen molar-refractivity contribution in [2.75, 3.05) is 20.3 Å². The van der Waals surface area contributed by atoms with E-state index >= 15 is 0 Å². The lowest BCUT2D eigenvalue weighted by molar-refractivity contribution is 0.0945. The molecule has 1 fully saturated rings. The minimum atomic E-state index is -0.609. The molecule has 0 saturated heterocycles. The standard InChI is InChI=1S/C14H17N3O4S/c1-20-8-14(4-5-14)6-7-15-12(18)10-3-2-9(22-10)11-16-13(19)21-17-11/h2-3H,4-8H2,1H3,(H,15,18)(H,16,17,19). The number of amides is 1. The zero-order chi connectivity index (χ0) is 15.6. The van der Waals surface area contributed by atoms with E-state index < -0.39 is 5.76 Å². The van der Waals surface area contributed by atoms with Crippen LogP contribution in [0, 0.1) is 5.41 Å². The van der Waals surface area contributed by atoms with Crippen LogP contribution in [0.4, 0.5) is 0 Å². The van der Waals surface area contributed by atoms with Gasteiger partial charge in [0.25, 0.3) is 5.91 Å². The highest BCUT2D eigenvalue weighted by molar-refractivity contribution is 7.17. The maximum Gasteiger partial charge on any atom is 0.439 e. The first-order chi connectivity index (χ1) is 10.6. The summed E-state index contributed by atoms with van der Waals surface area (Å²) in [5.41, 5.74) is 0.267. The van der Waals surface area contributed by atoms with Crippen molar-refractivity contribution in [3.63, 3.8) is 0 Å². The third-order valence-electron chi connectivity index (χ3n) is 3.85. The topological polar surface area (TPSA) is 97.2 Å². The number of carbonyl (C=O) groups is 1. The first-order valence-electron chi connectivity index (χ1n) is 7.05. The molecule has 2 aromatic rings. The van der Waals surface area contributed by atoms with Crippen molar-refractivity contribution in [3.05, 3.63) is 27.6 Å². The Bertz CT molecular complexity index is 713. The number of H-pyrrole nitrogens is 1. The summed E-state index contributed by atoms with van der Waals surface area (Å²) >= 11 is 1.26. The molecule has 3 rings (SSSR count). The number of methoxy groups -OCH3 is 1. The summed E-state index contributed by atoms with van der Waals surface area (Å²) in [5, 5.41) is 6.53. The van der Waals surface area contributed by atoms with Gasteiger partial charge in [0.15, 0.2) is 5.82 Å². The van der Waals surface area contributed by atoms with Gasteiger partial charge in [0, 0.05) is 13.7 Å². The van der Waals surface area contributed by atoms with Gasteiger partial charge in [0.2, 0.25) is 0 Å². The molecule has 1 aliphatic rings. The second-order valence-corrected chi connectivity index (χ2v) is 6.63. The highest BCUT2D eigenvalue weighted by atomic mass is 32.1. The number of aromatic nitrogens is 2. The molecular weight excluding hydrogens is 306 g/mol. The summed E-state index contributed by atoms with van der Waals surface area (Å²) in [6.07, 6.45) is 3.26. The van der Waals surface area contributed by atoms with Crippen LogP contribution < -0.4 is 11.1 Å². The van der Waals surface area contributed by atoms with Crippen molar-refractivity contribution in [2.45, 2.75) is 19.3 Å². The molecular formula is C14H17N3O4S. The number of hydrogen-bond acceptors (Lipinski definition) is 6. The zero-order valence-corrected chi connectivity index (χ0v) is 13.0. The van der Waals surface area contributed by atoms with Crippen LogP contribution in [0.5, 0.6) is 0 Å². The highest BCUT2D eigenvalue weighted by Crippen LogP contribution is 2.48. The molecule has 118 valence electrons. The van der Waals surface area contributed by atoms with E-state index in [1.165, 1.54) is 24.2 Å². The molecule has 7 nitrogen and oxygen atoms in total. The van der Waals surface area contributed by atoms with Gasteiger partial charge in [-0.2, -0.15) is 0 Å². The van der Waals surface area contributed by atoms with Crippen LogP contribution in [0.15, 0.2) is 21.5 Å². The van der Waals surface area contributed by atoms with E-state index in [4.69, 9.17) is 4.74 Å². The largest absolute Gasteiger partial charge is 0.439 e. The number of thiophene rings is 1.